The molecule has 2 rings (SSSR count). The summed E-state index contributed by atoms with van der Waals surface area (Å²) in [4.78, 5) is 4.11. The van der Waals surface area contributed by atoms with E-state index in [0.29, 0.717) is 25.7 Å². The Hall–Kier alpha value is -1.42. The third-order valence-electron chi connectivity index (χ3n) is 2.62. The van der Waals surface area contributed by atoms with E-state index in [4.69, 9.17) is 10.5 Å². The lowest BCUT2D eigenvalue weighted by atomic mass is 10.4. The summed E-state index contributed by atoms with van der Waals surface area (Å²) in [6.07, 6.45) is 2.67. The number of nitrogens with zero attached hydrogens (tertiary/aromatic N) is 4. The Morgan fingerprint density at radius 2 is 2.30 bits per heavy atom. The first kappa shape index (κ1) is 16.6. The predicted octanol–water partition coefficient (Wildman–Crippen LogP) is 0.441. The average molecular weight is 390 g/mol. The van der Waals surface area contributed by atoms with E-state index in [2.05, 4.69) is 20.5 Å². The van der Waals surface area contributed by atoms with Crippen LogP contribution in [0.1, 0.15) is 5.82 Å². The smallest absolute Gasteiger partial charge is 0.188 e. The van der Waals surface area contributed by atoms with Crippen molar-refractivity contribution in [3.05, 3.63) is 30.2 Å². The molecular weight excluding hydrogens is 371 g/mol. The first-order valence-electron chi connectivity index (χ1n) is 6.12. The highest BCUT2D eigenvalue weighted by atomic mass is 127. The van der Waals surface area contributed by atoms with Crippen LogP contribution in [0.4, 0.5) is 0 Å². The minimum atomic E-state index is 0. The minimum Gasteiger partial charge on any atom is -0.383 e. The van der Waals surface area contributed by atoms with Crippen LogP contribution in [0, 0.1) is 0 Å². The number of ether oxygens (including phenoxy) is 1. The van der Waals surface area contributed by atoms with E-state index in [1.165, 1.54) is 0 Å². The monoisotopic (exact) mass is 390 g/mol. The standard InChI is InChI=1S/C12H18N6O.HI/c1-19-9-7-15-12(13)14-6-5-11-17-16-10-4-2-3-8-18(10)11;/h2-4,8H,5-7,9H2,1H3,(H3,13,14,15);1H. The maximum Gasteiger partial charge on any atom is 0.188 e. The molecule has 0 atom stereocenters. The first-order valence-corrected chi connectivity index (χ1v) is 6.12. The fourth-order valence-electron chi connectivity index (χ4n) is 1.68. The van der Waals surface area contributed by atoms with Crippen LogP contribution in [0.3, 0.4) is 0 Å². The number of hydrogen-bond donors (Lipinski definition) is 2. The summed E-state index contributed by atoms with van der Waals surface area (Å²) in [5, 5.41) is 11.3. The van der Waals surface area contributed by atoms with E-state index in [9.17, 15) is 0 Å². The number of pyridine rings is 1. The van der Waals surface area contributed by atoms with Crippen molar-refractivity contribution in [3.63, 3.8) is 0 Å². The van der Waals surface area contributed by atoms with Crippen LogP contribution >= 0.6 is 24.0 Å². The van der Waals surface area contributed by atoms with Gasteiger partial charge in [0.05, 0.1) is 13.2 Å². The van der Waals surface area contributed by atoms with Gasteiger partial charge in [0.1, 0.15) is 5.82 Å². The zero-order valence-corrected chi connectivity index (χ0v) is 13.7. The maximum atomic E-state index is 5.71. The molecule has 0 unspecified atom stereocenters. The van der Waals surface area contributed by atoms with Gasteiger partial charge in [-0.1, -0.05) is 6.07 Å². The van der Waals surface area contributed by atoms with E-state index in [0.717, 1.165) is 17.9 Å². The van der Waals surface area contributed by atoms with Crippen LogP contribution in [0.2, 0.25) is 0 Å². The van der Waals surface area contributed by atoms with Crippen molar-refractivity contribution in [2.75, 3.05) is 26.8 Å². The molecule has 0 aliphatic carbocycles. The summed E-state index contributed by atoms with van der Waals surface area (Å²) in [5.41, 5.74) is 6.55. The summed E-state index contributed by atoms with van der Waals surface area (Å²) < 4.78 is 6.85. The fraction of sp³-hybridized carbons (Fsp3) is 0.417. The lowest BCUT2D eigenvalue weighted by Gasteiger charge is -2.04. The van der Waals surface area contributed by atoms with Crippen molar-refractivity contribution in [2.45, 2.75) is 6.42 Å². The second-order valence-electron chi connectivity index (χ2n) is 3.98. The predicted molar refractivity (Wildman–Crippen MR) is 88.5 cm³/mol. The molecule has 0 fully saturated rings. The van der Waals surface area contributed by atoms with Gasteiger partial charge in [0, 0.05) is 26.3 Å². The lowest BCUT2D eigenvalue weighted by Crippen LogP contribution is -2.33. The van der Waals surface area contributed by atoms with E-state index >= 15 is 0 Å². The molecule has 7 nitrogen and oxygen atoms in total. The number of guanidine groups is 1. The molecule has 8 heteroatoms. The van der Waals surface area contributed by atoms with Crippen LogP contribution in [0.5, 0.6) is 0 Å². The molecule has 2 aromatic heterocycles. The molecule has 2 aromatic rings. The molecule has 0 amide bonds. The Labute approximate surface area is 134 Å². The summed E-state index contributed by atoms with van der Waals surface area (Å²) in [5.74, 6) is 1.32. The average Bonchev–Trinajstić information content (AvgIpc) is 2.83. The number of methoxy groups -OCH3 is 1. The number of fused-ring (bicyclic) bond motifs is 1. The largest absolute Gasteiger partial charge is 0.383 e. The van der Waals surface area contributed by atoms with Gasteiger partial charge in [-0.2, -0.15) is 0 Å². The zero-order chi connectivity index (χ0) is 13.5. The van der Waals surface area contributed by atoms with Gasteiger partial charge in [-0.25, -0.2) is 0 Å². The van der Waals surface area contributed by atoms with Gasteiger partial charge >= 0.3 is 0 Å². The van der Waals surface area contributed by atoms with Crippen molar-refractivity contribution >= 4 is 35.6 Å². The van der Waals surface area contributed by atoms with Crippen molar-refractivity contribution in [3.8, 4) is 0 Å². The van der Waals surface area contributed by atoms with Gasteiger partial charge in [0.15, 0.2) is 11.6 Å². The Kier molecular flexibility index (Phi) is 7.23. The van der Waals surface area contributed by atoms with Crippen molar-refractivity contribution in [2.24, 2.45) is 10.7 Å². The van der Waals surface area contributed by atoms with E-state index in [-0.39, 0.29) is 24.0 Å². The highest BCUT2D eigenvalue weighted by molar-refractivity contribution is 14.0. The molecule has 0 saturated heterocycles. The Morgan fingerprint density at radius 3 is 3.10 bits per heavy atom. The second-order valence-corrected chi connectivity index (χ2v) is 3.98. The number of aromatic nitrogens is 3. The van der Waals surface area contributed by atoms with Crippen LogP contribution in [-0.4, -0.2) is 47.4 Å². The van der Waals surface area contributed by atoms with Crippen LogP contribution < -0.4 is 11.1 Å². The Balaban J connectivity index is 0.00000200. The fourth-order valence-corrected chi connectivity index (χ4v) is 1.68. The molecule has 2 heterocycles. The third kappa shape index (κ3) is 4.60. The number of hydrogen-bond acceptors (Lipinski definition) is 4. The molecule has 0 bridgehead atoms. The van der Waals surface area contributed by atoms with Gasteiger partial charge < -0.3 is 15.8 Å². The van der Waals surface area contributed by atoms with Crippen LogP contribution in [0.25, 0.3) is 5.65 Å². The molecule has 0 aliphatic rings. The summed E-state index contributed by atoms with van der Waals surface area (Å²) >= 11 is 0. The minimum absolute atomic E-state index is 0. The summed E-state index contributed by atoms with van der Waals surface area (Å²) in [6, 6.07) is 5.81. The molecule has 0 spiro atoms. The summed E-state index contributed by atoms with van der Waals surface area (Å²) in [7, 11) is 1.63. The third-order valence-corrected chi connectivity index (χ3v) is 2.62. The van der Waals surface area contributed by atoms with E-state index in [1.54, 1.807) is 7.11 Å². The molecule has 110 valence electrons. The number of nitrogens with one attached hydrogen (secondary N) is 1. The highest BCUT2D eigenvalue weighted by Crippen LogP contribution is 2.02. The van der Waals surface area contributed by atoms with Gasteiger partial charge in [-0.15, -0.1) is 34.2 Å². The van der Waals surface area contributed by atoms with Crippen LogP contribution in [-0.2, 0) is 11.2 Å². The lowest BCUT2D eigenvalue weighted by molar-refractivity contribution is 0.208. The van der Waals surface area contributed by atoms with Crippen molar-refractivity contribution < 1.29 is 4.74 Å². The van der Waals surface area contributed by atoms with E-state index < -0.39 is 0 Å². The SMILES string of the molecule is COCCN=C(N)NCCc1nnc2ccccn12.I. The number of halogens is 1. The first-order chi connectivity index (χ1) is 9.31. The van der Waals surface area contributed by atoms with Crippen molar-refractivity contribution in [1.82, 2.24) is 19.9 Å². The quantitative estimate of drug-likeness (QED) is 0.324. The van der Waals surface area contributed by atoms with Crippen molar-refractivity contribution in [1.29, 1.82) is 0 Å². The molecule has 20 heavy (non-hydrogen) atoms. The topological polar surface area (TPSA) is 89.8 Å². The van der Waals surface area contributed by atoms with Gasteiger partial charge in [-0.05, 0) is 12.1 Å². The molecule has 3 N–H and O–H groups in total. The highest BCUT2D eigenvalue weighted by Gasteiger charge is 2.03. The molecule has 0 radical (unpaired) electrons. The second kappa shape index (κ2) is 8.69. The van der Waals surface area contributed by atoms with Gasteiger partial charge in [-0.3, -0.25) is 9.39 Å². The van der Waals surface area contributed by atoms with Gasteiger partial charge in [0.25, 0.3) is 0 Å². The molecule has 0 aromatic carbocycles. The van der Waals surface area contributed by atoms with Gasteiger partial charge in [0.2, 0.25) is 0 Å². The normalized spacial score (nSPS) is 11.3. The molecule has 0 aliphatic heterocycles. The number of aliphatic imine (C=N–C) groups is 1. The molecular formula is C12H19IN6O. The Bertz CT molecular complexity index is 556. The number of rotatable bonds is 6. The van der Waals surface area contributed by atoms with Crippen LogP contribution in [0.15, 0.2) is 29.4 Å². The Morgan fingerprint density at radius 1 is 1.45 bits per heavy atom. The zero-order valence-electron chi connectivity index (χ0n) is 11.3. The maximum absolute atomic E-state index is 5.71. The summed E-state index contributed by atoms with van der Waals surface area (Å²) in [6.45, 7) is 1.79. The van der Waals surface area contributed by atoms with E-state index in [1.807, 2.05) is 28.8 Å². The number of nitrogens with two attached hydrogens (primary N) is 1. The molecule has 0 saturated carbocycles.